The van der Waals surface area contributed by atoms with Gasteiger partial charge >= 0.3 is 5.97 Å². The van der Waals surface area contributed by atoms with Gasteiger partial charge in [-0.2, -0.15) is 0 Å². The summed E-state index contributed by atoms with van der Waals surface area (Å²) >= 11 is 0. The van der Waals surface area contributed by atoms with Crippen LogP contribution in [-0.4, -0.2) is 25.3 Å². The Morgan fingerprint density at radius 2 is 1.64 bits per heavy atom. The lowest BCUT2D eigenvalue weighted by molar-refractivity contribution is 0.0600. The first-order chi connectivity index (χ1) is 10.5. The Bertz CT molecular complexity index is 660. The number of rotatable bonds is 4. The standard InChI is InChI=1S/C16H18N2O4/c1-21-11-5-3-9(4-6-11)15(19)14-12(17)7-10(8-13(14)18)16(20)22-2/h3-8,15,19H,17-18H2,1-2H3/t15-/m0/s1. The van der Waals surface area contributed by atoms with Gasteiger partial charge in [-0.15, -0.1) is 0 Å². The van der Waals surface area contributed by atoms with E-state index in [2.05, 4.69) is 4.74 Å². The van der Waals surface area contributed by atoms with Crippen molar-refractivity contribution in [1.29, 1.82) is 0 Å². The number of anilines is 2. The van der Waals surface area contributed by atoms with Crippen LogP contribution in [0.25, 0.3) is 0 Å². The highest BCUT2D eigenvalue weighted by Crippen LogP contribution is 2.33. The van der Waals surface area contributed by atoms with Crippen LogP contribution >= 0.6 is 0 Å². The number of hydrogen-bond donors (Lipinski definition) is 3. The van der Waals surface area contributed by atoms with Crippen LogP contribution < -0.4 is 16.2 Å². The van der Waals surface area contributed by atoms with Crippen LogP contribution in [0.3, 0.4) is 0 Å². The van der Waals surface area contributed by atoms with Gasteiger partial charge in [-0.05, 0) is 29.8 Å². The van der Waals surface area contributed by atoms with E-state index in [-0.39, 0.29) is 16.9 Å². The Morgan fingerprint density at radius 1 is 1.09 bits per heavy atom. The molecule has 0 aliphatic heterocycles. The molecule has 6 nitrogen and oxygen atoms in total. The fourth-order valence-electron chi connectivity index (χ4n) is 2.20. The lowest BCUT2D eigenvalue weighted by atomic mass is 9.96. The monoisotopic (exact) mass is 302 g/mol. The molecular weight excluding hydrogens is 284 g/mol. The SMILES string of the molecule is COC(=O)c1cc(N)c([C@@H](O)c2ccc(OC)cc2)c(N)c1. The van der Waals surface area contributed by atoms with Gasteiger partial charge in [0.1, 0.15) is 11.9 Å². The molecule has 1 atom stereocenters. The van der Waals surface area contributed by atoms with Gasteiger partial charge in [-0.3, -0.25) is 0 Å². The molecule has 0 aliphatic carbocycles. The Labute approximate surface area is 128 Å². The van der Waals surface area contributed by atoms with Gasteiger partial charge in [0.15, 0.2) is 0 Å². The normalized spacial score (nSPS) is 11.8. The van der Waals surface area contributed by atoms with Crippen LogP contribution in [0, 0.1) is 0 Å². The quantitative estimate of drug-likeness (QED) is 0.586. The number of benzene rings is 2. The fourth-order valence-corrected chi connectivity index (χ4v) is 2.20. The van der Waals surface area contributed by atoms with Gasteiger partial charge in [-0.1, -0.05) is 12.1 Å². The van der Waals surface area contributed by atoms with Crippen LogP contribution in [0.5, 0.6) is 5.75 Å². The molecule has 0 amide bonds. The van der Waals surface area contributed by atoms with Crippen molar-refractivity contribution >= 4 is 17.3 Å². The maximum Gasteiger partial charge on any atom is 0.337 e. The molecule has 22 heavy (non-hydrogen) atoms. The zero-order valence-electron chi connectivity index (χ0n) is 12.4. The van der Waals surface area contributed by atoms with Crippen molar-refractivity contribution in [3.63, 3.8) is 0 Å². The highest BCUT2D eigenvalue weighted by atomic mass is 16.5. The number of ether oxygens (including phenoxy) is 2. The summed E-state index contributed by atoms with van der Waals surface area (Å²) in [6.45, 7) is 0. The average molecular weight is 302 g/mol. The zero-order chi connectivity index (χ0) is 16.3. The van der Waals surface area contributed by atoms with Gasteiger partial charge in [0.25, 0.3) is 0 Å². The highest BCUT2D eigenvalue weighted by Gasteiger charge is 2.19. The van der Waals surface area contributed by atoms with E-state index in [0.717, 1.165) is 0 Å². The molecule has 6 heteroatoms. The number of carbonyl (C=O) groups excluding carboxylic acids is 1. The summed E-state index contributed by atoms with van der Waals surface area (Å²) in [6, 6.07) is 9.77. The number of nitrogens with two attached hydrogens (primary N) is 2. The van der Waals surface area contributed by atoms with E-state index < -0.39 is 12.1 Å². The van der Waals surface area contributed by atoms with E-state index in [1.165, 1.54) is 19.2 Å². The molecule has 0 radical (unpaired) electrons. The predicted octanol–water partition coefficient (Wildman–Crippen LogP) is 1.73. The molecule has 2 aromatic carbocycles. The van der Waals surface area contributed by atoms with Crippen molar-refractivity contribution in [1.82, 2.24) is 0 Å². The molecular formula is C16H18N2O4. The van der Waals surface area contributed by atoms with Gasteiger partial charge in [-0.25, -0.2) is 4.79 Å². The average Bonchev–Trinajstić information content (AvgIpc) is 2.53. The van der Waals surface area contributed by atoms with Crippen LogP contribution in [-0.2, 0) is 4.74 Å². The van der Waals surface area contributed by atoms with Crippen molar-refractivity contribution < 1.29 is 19.4 Å². The number of aliphatic hydroxyl groups excluding tert-OH is 1. The summed E-state index contributed by atoms with van der Waals surface area (Å²) < 4.78 is 9.70. The van der Waals surface area contributed by atoms with E-state index in [9.17, 15) is 9.90 Å². The summed E-state index contributed by atoms with van der Waals surface area (Å²) in [5, 5.41) is 10.5. The molecule has 0 heterocycles. The Hall–Kier alpha value is -2.73. The summed E-state index contributed by atoms with van der Waals surface area (Å²) in [5.41, 5.74) is 13.5. The molecule has 0 unspecified atom stereocenters. The molecule has 116 valence electrons. The number of methoxy groups -OCH3 is 2. The van der Waals surface area contributed by atoms with Crippen LogP contribution in [0.2, 0.25) is 0 Å². The van der Waals surface area contributed by atoms with Crippen molar-refractivity contribution in [3.8, 4) is 5.75 Å². The first kappa shape index (κ1) is 15.7. The molecule has 2 aromatic rings. The first-order valence-electron chi connectivity index (χ1n) is 6.57. The summed E-state index contributed by atoms with van der Waals surface area (Å²) in [4.78, 5) is 11.5. The lowest BCUT2D eigenvalue weighted by Gasteiger charge is -2.17. The predicted molar refractivity (Wildman–Crippen MR) is 83.7 cm³/mol. The molecule has 0 bridgehead atoms. The number of esters is 1. The minimum atomic E-state index is -1.00. The molecule has 0 spiro atoms. The third-order valence-corrected chi connectivity index (χ3v) is 3.37. The minimum Gasteiger partial charge on any atom is -0.497 e. The smallest absolute Gasteiger partial charge is 0.337 e. The van der Waals surface area contributed by atoms with Crippen molar-refractivity contribution in [2.75, 3.05) is 25.7 Å². The summed E-state index contributed by atoms with van der Waals surface area (Å²) in [5.74, 6) is 0.141. The minimum absolute atomic E-state index is 0.226. The molecule has 0 saturated heterocycles. The number of carbonyl (C=O) groups is 1. The van der Waals surface area contributed by atoms with Crippen LogP contribution in [0.15, 0.2) is 36.4 Å². The van der Waals surface area contributed by atoms with Gasteiger partial charge < -0.3 is 26.0 Å². The van der Waals surface area contributed by atoms with E-state index in [4.69, 9.17) is 16.2 Å². The largest absolute Gasteiger partial charge is 0.497 e. The second-order valence-electron chi connectivity index (χ2n) is 4.74. The second-order valence-corrected chi connectivity index (χ2v) is 4.74. The molecule has 0 saturated carbocycles. The number of aliphatic hydroxyl groups is 1. The highest BCUT2D eigenvalue weighted by molar-refractivity contribution is 5.92. The van der Waals surface area contributed by atoms with Gasteiger partial charge in [0.05, 0.1) is 19.8 Å². The van der Waals surface area contributed by atoms with E-state index in [1.807, 2.05) is 0 Å². The molecule has 0 aliphatic rings. The summed E-state index contributed by atoms with van der Waals surface area (Å²) in [6.07, 6.45) is -1.00. The maximum absolute atomic E-state index is 11.5. The van der Waals surface area contributed by atoms with Crippen molar-refractivity contribution in [2.24, 2.45) is 0 Å². The first-order valence-corrected chi connectivity index (χ1v) is 6.57. The van der Waals surface area contributed by atoms with E-state index in [0.29, 0.717) is 16.9 Å². The fraction of sp³-hybridized carbons (Fsp3) is 0.188. The number of nitrogen functional groups attached to an aromatic ring is 2. The Morgan fingerprint density at radius 3 is 2.09 bits per heavy atom. The molecule has 0 fully saturated rings. The Kier molecular flexibility index (Phi) is 4.53. The number of hydrogen-bond acceptors (Lipinski definition) is 6. The third kappa shape index (κ3) is 2.96. The van der Waals surface area contributed by atoms with Crippen molar-refractivity contribution in [2.45, 2.75) is 6.10 Å². The molecule has 0 aromatic heterocycles. The Balaban J connectivity index is 2.40. The van der Waals surface area contributed by atoms with Gasteiger partial charge in [0.2, 0.25) is 0 Å². The zero-order valence-corrected chi connectivity index (χ0v) is 12.4. The van der Waals surface area contributed by atoms with Crippen LogP contribution in [0.1, 0.15) is 27.6 Å². The van der Waals surface area contributed by atoms with Gasteiger partial charge in [0, 0.05) is 16.9 Å². The van der Waals surface area contributed by atoms with E-state index >= 15 is 0 Å². The molecule has 5 N–H and O–H groups in total. The van der Waals surface area contributed by atoms with Crippen molar-refractivity contribution in [3.05, 3.63) is 53.1 Å². The topological polar surface area (TPSA) is 108 Å². The van der Waals surface area contributed by atoms with Crippen LogP contribution in [0.4, 0.5) is 11.4 Å². The lowest BCUT2D eigenvalue weighted by Crippen LogP contribution is -2.11. The molecule has 2 rings (SSSR count). The van der Waals surface area contributed by atoms with E-state index in [1.54, 1.807) is 31.4 Å². The summed E-state index contributed by atoms with van der Waals surface area (Å²) in [7, 11) is 2.84. The third-order valence-electron chi connectivity index (χ3n) is 3.37. The second kappa shape index (κ2) is 6.36. The maximum atomic E-state index is 11.5.